The predicted octanol–water partition coefficient (Wildman–Crippen LogP) is 2.64. The number of hydrogen-bond donors (Lipinski definition) is 1. The zero-order valence-corrected chi connectivity index (χ0v) is 10.9. The topological polar surface area (TPSA) is 15.3 Å². The molecule has 0 aromatic rings. The minimum Gasteiger partial charge on any atom is -0.313 e. The average Bonchev–Trinajstić information content (AvgIpc) is 2.72. The molecule has 1 saturated heterocycles. The van der Waals surface area contributed by atoms with Crippen LogP contribution in [-0.2, 0) is 0 Å². The average molecular weight is 224 g/mol. The minimum atomic E-state index is 0.789. The SMILES string of the molecule is CCCCN(CC1CCC1)CC1CCCN1. The number of hydrogen-bond acceptors (Lipinski definition) is 2. The fraction of sp³-hybridized carbons (Fsp3) is 1.00. The van der Waals surface area contributed by atoms with Crippen LogP contribution in [0.3, 0.4) is 0 Å². The molecule has 2 rings (SSSR count). The Morgan fingerprint density at radius 2 is 2.00 bits per heavy atom. The van der Waals surface area contributed by atoms with Crippen LogP contribution in [0.2, 0.25) is 0 Å². The van der Waals surface area contributed by atoms with Gasteiger partial charge in [-0.3, -0.25) is 0 Å². The number of nitrogens with one attached hydrogen (secondary N) is 1. The number of nitrogens with zero attached hydrogens (tertiary/aromatic N) is 1. The second kappa shape index (κ2) is 6.61. The molecule has 94 valence electrons. The fourth-order valence-electron chi connectivity index (χ4n) is 2.90. The quantitative estimate of drug-likeness (QED) is 0.715. The van der Waals surface area contributed by atoms with Crippen LogP contribution in [0, 0.1) is 5.92 Å². The highest BCUT2D eigenvalue weighted by atomic mass is 15.2. The summed E-state index contributed by atoms with van der Waals surface area (Å²) in [5, 5.41) is 3.63. The molecule has 1 N–H and O–H groups in total. The van der Waals surface area contributed by atoms with E-state index in [4.69, 9.17) is 0 Å². The molecule has 0 aromatic heterocycles. The molecule has 1 heterocycles. The molecule has 16 heavy (non-hydrogen) atoms. The van der Waals surface area contributed by atoms with Crippen LogP contribution in [0.25, 0.3) is 0 Å². The van der Waals surface area contributed by atoms with Crippen LogP contribution in [0.1, 0.15) is 51.9 Å². The summed E-state index contributed by atoms with van der Waals surface area (Å²) in [6.07, 6.45) is 9.94. The standard InChI is InChI=1S/C14H28N2/c1-2-3-10-16(11-13-6-4-7-13)12-14-8-5-9-15-14/h13-15H,2-12H2,1H3. The first-order chi connectivity index (χ1) is 7.88. The van der Waals surface area contributed by atoms with Gasteiger partial charge in [-0.1, -0.05) is 19.8 Å². The van der Waals surface area contributed by atoms with Crippen molar-refractivity contribution in [3.05, 3.63) is 0 Å². The fourth-order valence-corrected chi connectivity index (χ4v) is 2.90. The van der Waals surface area contributed by atoms with Crippen LogP contribution in [-0.4, -0.2) is 37.1 Å². The van der Waals surface area contributed by atoms with E-state index in [1.165, 1.54) is 71.1 Å². The van der Waals surface area contributed by atoms with Crippen molar-refractivity contribution < 1.29 is 0 Å². The molecule has 0 aromatic carbocycles. The molecule has 1 aliphatic heterocycles. The van der Waals surface area contributed by atoms with Gasteiger partial charge in [-0.25, -0.2) is 0 Å². The van der Waals surface area contributed by atoms with Gasteiger partial charge in [-0.2, -0.15) is 0 Å². The van der Waals surface area contributed by atoms with Gasteiger partial charge >= 0.3 is 0 Å². The van der Waals surface area contributed by atoms with E-state index in [1.54, 1.807) is 0 Å². The summed E-state index contributed by atoms with van der Waals surface area (Å²) in [7, 11) is 0. The number of unbranched alkanes of at least 4 members (excludes halogenated alkanes) is 1. The normalized spacial score (nSPS) is 26.2. The molecule has 1 atom stereocenters. The van der Waals surface area contributed by atoms with Gasteiger partial charge < -0.3 is 10.2 Å². The van der Waals surface area contributed by atoms with Gasteiger partial charge in [0.05, 0.1) is 0 Å². The zero-order valence-electron chi connectivity index (χ0n) is 10.9. The molecular weight excluding hydrogens is 196 g/mol. The van der Waals surface area contributed by atoms with Gasteiger partial charge in [0, 0.05) is 19.1 Å². The third kappa shape index (κ3) is 3.74. The summed E-state index contributed by atoms with van der Waals surface area (Å²) in [5.41, 5.74) is 0. The zero-order chi connectivity index (χ0) is 11.2. The molecule has 2 nitrogen and oxygen atoms in total. The Balaban J connectivity index is 1.70. The van der Waals surface area contributed by atoms with E-state index in [9.17, 15) is 0 Å². The summed E-state index contributed by atoms with van der Waals surface area (Å²) in [6, 6.07) is 0.789. The van der Waals surface area contributed by atoms with Crippen LogP contribution < -0.4 is 5.32 Å². The molecule has 2 heteroatoms. The van der Waals surface area contributed by atoms with Crippen molar-refractivity contribution in [2.45, 2.75) is 57.9 Å². The van der Waals surface area contributed by atoms with E-state index in [1.807, 2.05) is 0 Å². The molecular formula is C14H28N2. The van der Waals surface area contributed by atoms with E-state index in [2.05, 4.69) is 17.1 Å². The smallest absolute Gasteiger partial charge is 0.0195 e. The van der Waals surface area contributed by atoms with Crippen LogP contribution in [0.5, 0.6) is 0 Å². The summed E-state index contributed by atoms with van der Waals surface area (Å²) in [5.74, 6) is 1.03. The van der Waals surface area contributed by atoms with Gasteiger partial charge in [-0.05, 0) is 51.1 Å². The summed E-state index contributed by atoms with van der Waals surface area (Å²) in [4.78, 5) is 2.73. The van der Waals surface area contributed by atoms with E-state index in [0.717, 1.165) is 12.0 Å². The summed E-state index contributed by atoms with van der Waals surface area (Å²) < 4.78 is 0. The Morgan fingerprint density at radius 3 is 2.56 bits per heavy atom. The maximum Gasteiger partial charge on any atom is 0.0195 e. The maximum absolute atomic E-state index is 3.63. The summed E-state index contributed by atoms with van der Waals surface area (Å²) >= 11 is 0. The minimum absolute atomic E-state index is 0.789. The van der Waals surface area contributed by atoms with E-state index >= 15 is 0 Å². The summed E-state index contributed by atoms with van der Waals surface area (Å²) in [6.45, 7) is 7.55. The van der Waals surface area contributed by atoms with Gasteiger partial charge in [0.1, 0.15) is 0 Å². The van der Waals surface area contributed by atoms with Crippen LogP contribution in [0.15, 0.2) is 0 Å². The molecule has 0 bridgehead atoms. The highest BCUT2D eigenvalue weighted by Gasteiger charge is 2.23. The van der Waals surface area contributed by atoms with Crippen molar-refractivity contribution in [2.75, 3.05) is 26.2 Å². The third-order valence-electron chi connectivity index (χ3n) is 4.21. The van der Waals surface area contributed by atoms with Gasteiger partial charge in [-0.15, -0.1) is 0 Å². The maximum atomic E-state index is 3.63. The Kier molecular flexibility index (Phi) is 5.11. The predicted molar refractivity (Wildman–Crippen MR) is 69.7 cm³/mol. The highest BCUT2D eigenvalue weighted by molar-refractivity contribution is 4.80. The molecule has 0 radical (unpaired) electrons. The van der Waals surface area contributed by atoms with Crippen molar-refractivity contribution in [3.63, 3.8) is 0 Å². The lowest BCUT2D eigenvalue weighted by molar-refractivity contribution is 0.165. The third-order valence-corrected chi connectivity index (χ3v) is 4.21. The van der Waals surface area contributed by atoms with Crippen molar-refractivity contribution in [1.29, 1.82) is 0 Å². The molecule has 0 amide bonds. The van der Waals surface area contributed by atoms with Crippen molar-refractivity contribution in [1.82, 2.24) is 10.2 Å². The second-order valence-corrected chi connectivity index (χ2v) is 5.70. The van der Waals surface area contributed by atoms with Crippen molar-refractivity contribution >= 4 is 0 Å². The monoisotopic (exact) mass is 224 g/mol. The Hall–Kier alpha value is -0.0800. The molecule has 0 spiro atoms. The lowest BCUT2D eigenvalue weighted by atomic mass is 9.85. The highest BCUT2D eigenvalue weighted by Crippen LogP contribution is 2.27. The van der Waals surface area contributed by atoms with Gasteiger partial charge in [0.15, 0.2) is 0 Å². The molecule has 1 aliphatic carbocycles. The van der Waals surface area contributed by atoms with Crippen molar-refractivity contribution in [3.8, 4) is 0 Å². The molecule has 1 unspecified atom stereocenters. The number of rotatable bonds is 7. The van der Waals surface area contributed by atoms with Crippen LogP contribution in [0.4, 0.5) is 0 Å². The first kappa shape index (κ1) is 12.4. The van der Waals surface area contributed by atoms with Gasteiger partial charge in [0.25, 0.3) is 0 Å². The molecule has 2 fully saturated rings. The second-order valence-electron chi connectivity index (χ2n) is 5.70. The van der Waals surface area contributed by atoms with Gasteiger partial charge in [0.2, 0.25) is 0 Å². The van der Waals surface area contributed by atoms with E-state index in [0.29, 0.717) is 0 Å². The lowest BCUT2D eigenvalue weighted by Crippen LogP contribution is -2.41. The van der Waals surface area contributed by atoms with E-state index < -0.39 is 0 Å². The molecule has 1 saturated carbocycles. The lowest BCUT2D eigenvalue weighted by Gasteiger charge is -2.33. The first-order valence-electron chi connectivity index (χ1n) is 7.34. The largest absolute Gasteiger partial charge is 0.313 e. The van der Waals surface area contributed by atoms with Crippen LogP contribution >= 0.6 is 0 Å². The first-order valence-corrected chi connectivity index (χ1v) is 7.34. The Bertz CT molecular complexity index is 183. The van der Waals surface area contributed by atoms with Crippen molar-refractivity contribution in [2.24, 2.45) is 5.92 Å². The molecule has 2 aliphatic rings. The Morgan fingerprint density at radius 1 is 1.12 bits per heavy atom. The van der Waals surface area contributed by atoms with E-state index in [-0.39, 0.29) is 0 Å². The Labute approximate surface area is 101 Å².